The first-order valence-electron chi connectivity index (χ1n) is 7.88. The minimum Gasteiger partial charge on any atom is -0.365 e. The quantitative estimate of drug-likeness (QED) is 0.846. The molecular weight excluding hydrogens is 342 g/mol. The minimum absolute atomic E-state index is 0.0484. The molecule has 2 aromatic rings. The van der Waals surface area contributed by atoms with Crippen LogP contribution in [0.2, 0.25) is 5.15 Å². The Morgan fingerprint density at radius 3 is 2.76 bits per heavy atom. The molecule has 7 nitrogen and oxygen atoms in total. The molecule has 0 spiro atoms. The van der Waals surface area contributed by atoms with Gasteiger partial charge in [-0.05, 0) is 25.0 Å². The number of hydrogen-bond acceptors (Lipinski definition) is 5. The monoisotopic (exact) mass is 359 g/mol. The van der Waals surface area contributed by atoms with Crippen LogP contribution in [-0.2, 0) is 11.3 Å². The fourth-order valence-electron chi connectivity index (χ4n) is 2.77. The molecule has 1 aromatic carbocycles. The Bertz CT molecular complexity index is 809. The minimum atomic E-state index is -0.679. The number of aromatic nitrogens is 2. The Hall–Kier alpha value is -2.67. The number of primary amides is 1. The number of nitrogens with one attached hydrogen (secondary N) is 1. The van der Waals surface area contributed by atoms with Crippen molar-refractivity contribution in [3.63, 3.8) is 0 Å². The summed E-state index contributed by atoms with van der Waals surface area (Å²) in [6.45, 7) is 3.19. The molecule has 0 bridgehead atoms. The van der Waals surface area contributed by atoms with Crippen LogP contribution in [0.4, 0.5) is 5.82 Å². The van der Waals surface area contributed by atoms with Crippen LogP contribution >= 0.6 is 11.6 Å². The summed E-state index contributed by atoms with van der Waals surface area (Å²) in [4.78, 5) is 25.9. The highest BCUT2D eigenvalue weighted by molar-refractivity contribution is 6.29. The van der Waals surface area contributed by atoms with Crippen molar-refractivity contribution < 1.29 is 9.59 Å². The van der Waals surface area contributed by atoms with Gasteiger partial charge < -0.3 is 16.0 Å². The number of hydrogen-bond donors (Lipinski definition) is 2. The molecule has 1 unspecified atom stereocenters. The van der Waals surface area contributed by atoms with Crippen molar-refractivity contribution in [2.75, 3.05) is 11.9 Å². The van der Waals surface area contributed by atoms with E-state index in [2.05, 4.69) is 15.5 Å². The Morgan fingerprint density at radius 2 is 2.08 bits per heavy atom. The number of carbonyl (C=O) groups is 2. The van der Waals surface area contributed by atoms with E-state index < -0.39 is 11.9 Å². The van der Waals surface area contributed by atoms with Crippen LogP contribution in [0.25, 0.3) is 0 Å². The van der Waals surface area contributed by atoms with Crippen molar-refractivity contribution in [1.29, 1.82) is 0 Å². The summed E-state index contributed by atoms with van der Waals surface area (Å²) < 4.78 is 0. The predicted molar refractivity (Wildman–Crippen MR) is 94.2 cm³/mol. The van der Waals surface area contributed by atoms with E-state index in [1.165, 1.54) is 11.6 Å². The highest BCUT2D eigenvalue weighted by atomic mass is 35.5. The second-order valence-corrected chi connectivity index (χ2v) is 6.41. The number of rotatable bonds is 5. The Morgan fingerprint density at radius 1 is 1.36 bits per heavy atom. The molecule has 0 saturated carbocycles. The lowest BCUT2D eigenvalue weighted by molar-refractivity contribution is -0.128. The van der Waals surface area contributed by atoms with Gasteiger partial charge in [-0.15, -0.1) is 10.2 Å². The molecule has 2 heterocycles. The molecule has 130 valence electrons. The zero-order valence-corrected chi connectivity index (χ0v) is 14.5. The zero-order valence-electron chi connectivity index (χ0n) is 13.7. The van der Waals surface area contributed by atoms with E-state index in [9.17, 15) is 9.59 Å². The van der Waals surface area contributed by atoms with Gasteiger partial charge in [-0.25, -0.2) is 0 Å². The molecule has 2 amide bonds. The first-order chi connectivity index (χ1) is 11.9. The lowest BCUT2D eigenvalue weighted by Crippen LogP contribution is -2.34. The number of carbonyl (C=O) groups excluding carboxylic acids is 2. The van der Waals surface area contributed by atoms with E-state index >= 15 is 0 Å². The van der Waals surface area contributed by atoms with Gasteiger partial charge in [0, 0.05) is 13.1 Å². The molecule has 25 heavy (non-hydrogen) atoms. The van der Waals surface area contributed by atoms with Gasteiger partial charge in [-0.1, -0.05) is 41.4 Å². The average Bonchev–Trinajstić information content (AvgIpc) is 2.91. The van der Waals surface area contributed by atoms with Gasteiger partial charge in [0.15, 0.2) is 11.0 Å². The summed E-state index contributed by atoms with van der Waals surface area (Å²) in [5, 5.41) is 10.6. The van der Waals surface area contributed by atoms with Gasteiger partial charge in [0.2, 0.25) is 5.91 Å². The van der Waals surface area contributed by atoms with Gasteiger partial charge in [0.05, 0.1) is 5.56 Å². The number of likely N-dealkylation sites (tertiary alicyclic amines) is 1. The van der Waals surface area contributed by atoms with E-state index in [0.29, 0.717) is 19.5 Å². The van der Waals surface area contributed by atoms with Gasteiger partial charge in [-0.3, -0.25) is 9.59 Å². The molecule has 8 heteroatoms. The molecule has 0 radical (unpaired) electrons. The summed E-state index contributed by atoms with van der Waals surface area (Å²) in [6, 6.07) is 8.93. The summed E-state index contributed by atoms with van der Waals surface area (Å²) in [5.41, 5.74) is 7.70. The number of amides is 2. The topological polar surface area (TPSA) is 101 Å². The molecular formula is C17H18ClN5O2. The largest absolute Gasteiger partial charge is 0.365 e. The number of nitrogens with zero attached hydrogens (tertiary/aromatic N) is 3. The van der Waals surface area contributed by atoms with E-state index in [4.69, 9.17) is 17.3 Å². The molecule has 1 fully saturated rings. The maximum Gasteiger partial charge on any atom is 0.252 e. The van der Waals surface area contributed by atoms with Crippen molar-refractivity contribution in [2.45, 2.75) is 25.9 Å². The predicted octanol–water partition coefficient (Wildman–Crippen LogP) is 1.75. The molecule has 3 rings (SSSR count). The second-order valence-electron chi connectivity index (χ2n) is 6.02. The van der Waals surface area contributed by atoms with Crippen molar-refractivity contribution >= 4 is 29.2 Å². The first kappa shape index (κ1) is 17.2. The highest BCUT2D eigenvalue weighted by Gasteiger charge is 2.32. The average molecular weight is 360 g/mol. The Balaban J connectivity index is 1.70. The number of nitrogens with two attached hydrogens (primary N) is 1. The molecule has 0 aliphatic carbocycles. The van der Waals surface area contributed by atoms with Crippen LogP contribution in [0.15, 0.2) is 30.3 Å². The standard InChI is InChI=1S/C17H18ClN5O2/c1-10-2-4-11(5-3-10)9-23-7-6-13(17(23)25)20-16-12(15(19)24)8-14(18)21-22-16/h2-5,8,13H,6-7,9H2,1H3,(H2,19,24)(H,20,22). The van der Waals surface area contributed by atoms with Crippen molar-refractivity contribution in [3.05, 3.63) is 52.2 Å². The molecule has 1 aliphatic heterocycles. The van der Waals surface area contributed by atoms with E-state index in [1.807, 2.05) is 31.2 Å². The van der Waals surface area contributed by atoms with Crippen molar-refractivity contribution in [1.82, 2.24) is 15.1 Å². The summed E-state index contributed by atoms with van der Waals surface area (Å²) in [6.07, 6.45) is 0.604. The number of anilines is 1. The fraction of sp³-hybridized carbons (Fsp3) is 0.294. The number of benzene rings is 1. The van der Waals surface area contributed by atoms with Gasteiger partial charge in [0.1, 0.15) is 6.04 Å². The molecule has 1 atom stereocenters. The molecule has 1 aliphatic rings. The molecule has 3 N–H and O–H groups in total. The summed E-state index contributed by atoms with van der Waals surface area (Å²) in [5.74, 6) is -0.554. The zero-order chi connectivity index (χ0) is 18.0. The SMILES string of the molecule is Cc1ccc(CN2CCC(Nc3nnc(Cl)cc3C(N)=O)C2=O)cc1. The van der Waals surface area contributed by atoms with Crippen LogP contribution < -0.4 is 11.1 Å². The normalized spacial score (nSPS) is 17.0. The third-order valence-electron chi connectivity index (χ3n) is 4.13. The third kappa shape index (κ3) is 3.88. The van der Waals surface area contributed by atoms with Gasteiger partial charge >= 0.3 is 0 Å². The molecule has 1 aromatic heterocycles. The Labute approximate surface area is 150 Å². The van der Waals surface area contributed by atoms with Crippen LogP contribution in [0.1, 0.15) is 27.9 Å². The van der Waals surface area contributed by atoms with E-state index in [1.54, 1.807) is 4.90 Å². The highest BCUT2D eigenvalue weighted by Crippen LogP contribution is 2.21. The van der Waals surface area contributed by atoms with E-state index in [-0.39, 0.29) is 22.4 Å². The second kappa shape index (κ2) is 7.06. The summed E-state index contributed by atoms with van der Waals surface area (Å²) in [7, 11) is 0. The number of aryl methyl sites for hydroxylation is 1. The first-order valence-corrected chi connectivity index (χ1v) is 8.26. The lowest BCUT2D eigenvalue weighted by Gasteiger charge is -2.18. The maximum atomic E-state index is 12.6. The van der Waals surface area contributed by atoms with Gasteiger partial charge in [0.25, 0.3) is 5.91 Å². The van der Waals surface area contributed by atoms with Crippen LogP contribution in [0.5, 0.6) is 0 Å². The van der Waals surface area contributed by atoms with Crippen LogP contribution in [0.3, 0.4) is 0 Å². The number of halogens is 1. The lowest BCUT2D eigenvalue weighted by atomic mass is 10.1. The van der Waals surface area contributed by atoms with Crippen LogP contribution in [-0.4, -0.2) is 39.5 Å². The molecule has 1 saturated heterocycles. The van der Waals surface area contributed by atoms with Crippen molar-refractivity contribution in [2.24, 2.45) is 5.73 Å². The van der Waals surface area contributed by atoms with E-state index in [0.717, 1.165) is 5.56 Å². The summed E-state index contributed by atoms with van der Waals surface area (Å²) >= 11 is 5.75. The smallest absolute Gasteiger partial charge is 0.252 e. The maximum absolute atomic E-state index is 12.6. The fourth-order valence-corrected chi connectivity index (χ4v) is 2.92. The third-order valence-corrected chi connectivity index (χ3v) is 4.32. The Kier molecular flexibility index (Phi) is 4.85. The van der Waals surface area contributed by atoms with Crippen molar-refractivity contribution in [3.8, 4) is 0 Å². The van der Waals surface area contributed by atoms with Gasteiger partial charge in [-0.2, -0.15) is 0 Å². The van der Waals surface area contributed by atoms with Crippen LogP contribution in [0, 0.1) is 6.92 Å².